The van der Waals surface area contributed by atoms with Gasteiger partial charge in [0.25, 0.3) is 0 Å². The molecule has 0 radical (unpaired) electrons. The van der Waals surface area contributed by atoms with Crippen molar-refractivity contribution < 1.29 is 0 Å². The third-order valence-electron chi connectivity index (χ3n) is 2.68. The Morgan fingerprint density at radius 3 is 2.15 bits per heavy atom. The average molecular weight is 182 g/mol. The minimum absolute atomic E-state index is 0.394. The molecule has 1 atom stereocenters. The van der Waals surface area contributed by atoms with Gasteiger partial charge in [-0.05, 0) is 18.9 Å². The molecule has 0 aromatic carbocycles. The number of rotatable bonds is 7. The SMILES string of the molecule is CCC(CC)CNC(CC)CC#N. The zero-order valence-electron chi connectivity index (χ0n) is 9.14. The highest BCUT2D eigenvalue weighted by molar-refractivity contribution is 4.80. The molecule has 0 fully saturated rings. The van der Waals surface area contributed by atoms with Crippen LogP contribution in [0.2, 0.25) is 0 Å². The zero-order valence-corrected chi connectivity index (χ0v) is 9.14. The van der Waals surface area contributed by atoms with Gasteiger partial charge in [-0.2, -0.15) is 5.26 Å². The van der Waals surface area contributed by atoms with Crippen LogP contribution in [0.4, 0.5) is 0 Å². The van der Waals surface area contributed by atoms with Gasteiger partial charge in [0.2, 0.25) is 0 Å². The van der Waals surface area contributed by atoms with Gasteiger partial charge in [-0.1, -0.05) is 33.6 Å². The predicted octanol–water partition coefficient (Wildman–Crippen LogP) is 2.70. The molecule has 2 nitrogen and oxygen atoms in total. The Kier molecular flexibility index (Phi) is 7.73. The Morgan fingerprint density at radius 2 is 1.77 bits per heavy atom. The second-order valence-electron chi connectivity index (χ2n) is 3.56. The smallest absolute Gasteiger partial charge is 0.0638 e. The molecular weight excluding hydrogens is 160 g/mol. The third kappa shape index (κ3) is 5.65. The maximum Gasteiger partial charge on any atom is 0.0638 e. The Morgan fingerprint density at radius 1 is 1.15 bits per heavy atom. The molecule has 0 aliphatic heterocycles. The van der Waals surface area contributed by atoms with Crippen LogP contribution in [0.15, 0.2) is 0 Å². The van der Waals surface area contributed by atoms with Gasteiger partial charge in [0.1, 0.15) is 0 Å². The Bertz CT molecular complexity index is 145. The van der Waals surface area contributed by atoms with E-state index in [4.69, 9.17) is 5.26 Å². The maximum absolute atomic E-state index is 8.56. The van der Waals surface area contributed by atoms with Crippen LogP contribution in [0.5, 0.6) is 0 Å². The number of hydrogen-bond acceptors (Lipinski definition) is 2. The molecule has 0 amide bonds. The van der Waals surface area contributed by atoms with Gasteiger partial charge in [-0.3, -0.25) is 0 Å². The Balaban J connectivity index is 3.64. The summed E-state index contributed by atoms with van der Waals surface area (Å²) < 4.78 is 0. The van der Waals surface area contributed by atoms with Gasteiger partial charge in [0.05, 0.1) is 12.5 Å². The molecule has 0 rings (SSSR count). The highest BCUT2D eigenvalue weighted by Crippen LogP contribution is 2.06. The fraction of sp³-hybridized carbons (Fsp3) is 0.909. The van der Waals surface area contributed by atoms with Crippen LogP contribution in [0, 0.1) is 17.2 Å². The van der Waals surface area contributed by atoms with Crippen molar-refractivity contribution in [1.29, 1.82) is 5.26 Å². The first-order valence-electron chi connectivity index (χ1n) is 5.38. The lowest BCUT2D eigenvalue weighted by atomic mass is 10.0. The molecular formula is C11H22N2. The van der Waals surface area contributed by atoms with Gasteiger partial charge < -0.3 is 5.32 Å². The van der Waals surface area contributed by atoms with Gasteiger partial charge >= 0.3 is 0 Å². The van der Waals surface area contributed by atoms with E-state index < -0.39 is 0 Å². The van der Waals surface area contributed by atoms with E-state index in [1.165, 1.54) is 12.8 Å². The first-order valence-corrected chi connectivity index (χ1v) is 5.38. The molecule has 0 saturated carbocycles. The van der Waals surface area contributed by atoms with Crippen molar-refractivity contribution in [2.45, 2.75) is 52.5 Å². The molecule has 13 heavy (non-hydrogen) atoms. The number of nitrogens with one attached hydrogen (secondary N) is 1. The van der Waals surface area contributed by atoms with E-state index in [0.29, 0.717) is 12.5 Å². The molecule has 0 heterocycles. The first-order chi connectivity index (χ1) is 6.28. The highest BCUT2D eigenvalue weighted by Gasteiger charge is 2.07. The number of hydrogen-bond donors (Lipinski definition) is 1. The van der Waals surface area contributed by atoms with E-state index in [9.17, 15) is 0 Å². The molecule has 0 aromatic heterocycles. The number of nitrogens with zero attached hydrogens (tertiary/aromatic N) is 1. The highest BCUT2D eigenvalue weighted by atomic mass is 14.9. The van der Waals surface area contributed by atoms with Crippen LogP contribution in [0.25, 0.3) is 0 Å². The summed E-state index contributed by atoms with van der Waals surface area (Å²) in [6, 6.07) is 2.61. The van der Waals surface area contributed by atoms with E-state index in [1.807, 2.05) is 0 Å². The summed E-state index contributed by atoms with van der Waals surface area (Å²) in [5.41, 5.74) is 0. The topological polar surface area (TPSA) is 35.8 Å². The lowest BCUT2D eigenvalue weighted by Crippen LogP contribution is -2.32. The summed E-state index contributed by atoms with van der Waals surface area (Å²) in [5, 5.41) is 12.0. The van der Waals surface area contributed by atoms with Crippen molar-refractivity contribution in [3.63, 3.8) is 0 Å². The average Bonchev–Trinajstić information content (AvgIpc) is 2.17. The monoisotopic (exact) mass is 182 g/mol. The maximum atomic E-state index is 8.56. The summed E-state index contributed by atoms with van der Waals surface area (Å²) in [6.07, 6.45) is 4.14. The van der Waals surface area contributed by atoms with Gasteiger partial charge in [0.15, 0.2) is 0 Å². The molecule has 0 aliphatic carbocycles. The van der Waals surface area contributed by atoms with Crippen LogP contribution < -0.4 is 5.32 Å². The quantitative estimate of drug-likeness (QED) is 0.657. The van der Waals surface area contributed by atoms with E-state index in [2.05, 4.69) is 32.2 Å². The third-order valence-corrected chi connectivity index (χ3v) is 2.68. The predicted molar refractivity (Wildman–Crippen MR) is 56.4 cm³/mol. The largest absolute Gasteiger partial charge is 0.313 e. The Hall–Kier alpha value is -0.550. The minimum atomic E-state index is 0.394. The zero-order chi connectivity index (χ0) is 10.1. The lowest BCUT2D eigenvalue weighted by molar-refractivity contribution is 0.403. The van der Waals surface area contributed by atoms with Crippen molar-refractivity contribution >= 4 is 0 Å². The standard InChI is InChI=1S/C11H22N2/c1-4-10(5-2)9-13-11(6-3)7-8-12/h10-11,13H,4-7,9H2,1-3H3. The second kappa shape index (κ2) is 8.07. The van der Waals surface area contributed by atoms with E-state index >= 15 is 0 Å². The van der Waals surface area contributed by atoms with Crippen LogP contribution >= 0.6 is 0 Å². The molecule has 0 aromatic rings. The van der Waals surface area contributed by atoms with Crippen LogP contribution in [-0.4, -0.2) is 12.6 Å². The van der Waals surface area contributed by atoms with E-state index in [1.54, 1.807) is 0 Å². The van der Waals surface area contributed by atoms with Gasteiger partial charge in [-0.15, -0.1) is 0 Å². The lowest BCUT2D eigenvalue weighted by Gasteiger charge is -2.18. The molecule has 1 unspecified atom stereocenters. The van der Waals surface area contributed by atoms with Gasteiger partial charge in [-0.25, -0.2) is 0 Å². The van der Waals surface area contributed by atoms with Crippen molar-refractivity contribution in [3.05, 3.63) is 0 Å². The van der Waals surface area contributed by atoms with Crippen LogP contribution in [-0.2, 0) is 0 Å². The molecule has 2 heteroatoms. The van der Waals surface area contributed by atoms with Gasteiger partial charge in [0, 0.05) is 6.04 Å². The van der Waals surface area contributed by atoms with Crippen molar-refractivity contribution in [3.8, 4) is 6.07 Å². The fourth-order valence-electron chi connectivity index (χ4n) is 1.38. The summed E-state index contributed by atoms with van der Waals surface area (Å²) in [6.45, 7) is 7.64. The minimum Gasteiger partial charge on any atom is -0.313 e. The van der Waals surface area contributed by atoms with Crippen LogP contribution in [0.3, 0.4) is 0 Å². The van der Waals surface area contributed by atoms with E-state index in [0.717, 1.165) is 18.9 Å². The molecule has 76 valence electrons. The Labute approximate surface area is 82.3 Å². The first kappa shape index (κ1) is 12.4. The normalized spacial score (nSPS) is 12.8. The van der Waals surface area contributed by atoms with Crippen molar-refractivity contribution in [2.24, 2.45) is 5.92 Å². The molecule has 0 saturated heterocycles. The summed E-state index contributed by atoms with van der Waals surface area (Å²) >= 11 is 0. The van der Waals surface area contributed by atoms with E-state index in [-0.39, 0.29) is 0 Å². The molecule has 0 bridgehead atoms. The summed E-state index contributed by atoms with van der Waals surface area (Å²) in [5.74, 6) is 0.771. The second-order valence-corrected chi connectivity index (χ2v) is 3.56. The van der Waals surface area contributed by atoms with Crippen molar-refractivity contribution in [2.75, 3.05) is 6.54 Å². The van der Waals surface area contributed by atoms with Crippen molar-refractivity contribution in [1.82, 2.24) is 5.32 Å². The fourth-order valence-corrected chi connectivity index (χ4v) is 1.38. The molecule has 0 aliphatic rings. The van der Waals surface area contributed by atoms with Crippen LogP contribution in [0.1, 0.15) is 46.5 Å². The molecule has 1 N–H and O–H groups in total. The summed E-state index contributed by atoms with van der Waals surface area (Å²) in [4.78, 5) is 0. The summed E-state index contributed by atoms with van der Waals surface area (Å²) in [7, 11) is 0. The molecule has 0 spiro atoms. The number of nitriles is 1.